The van der Waals surface area contributed by atoms with Crippen LogP contribution in [0, 0.1) is 12.3 Å². The fourth-order valence-electron chi connectivity index (χ4n) is 3.06. The summed E-state index contributed by atoms with van der Waals surface area (Å²) < 4.78 is 35.1. The second-order valence-corrected chi connectivity index (χ2v) is 6.23. The second-order valence-electron chi connectivity index (χ2n) is 6.23. The molecule has 3 N–H and O–H groups in total. The first-order valence-corrected chi connectivity index (χ1v) is 8.29. The standard InChI is InChI=1S/C18H15F2N5O3/c1-2-10-4-3-5-11(6-10)24-15-13-16(22-8-21-15)25(9-23-13)17-18(19,20)14(27)12(7-26)28-17/h1,3-6,8-9,12,14,17,26-27H,7H2,(H,21,22,24)/t12-,14-,17-/m1/s1. The van der Waals surface area contributed by atoms with Crippen molar-refractivity contribution in [2.45, 2.75) is 24.4 Å². The summed E-state index contributed by atoms with van der Waals surface area (Å²) in [5.41, 5.74) is 1.61. The van der Waals surface area contributed by atoms with Crippen LogP contribution in [0.5, 0.6) is 0 Å². The zero-order valence-electron chi connectivity index (χ0n) is 14.3. The maximum Gasteiger partial charge on any atom is 0.320 e. The van der Waals surface area contributed by atoms with Gasteiger partial charge in [-0.3, -0.25) is 4.57 Å². The molecule has 3 aromatic rings. The summed E-state index contributed by atoms with van der Waals surface area (Å²) in [6.07, 6.45) is 2.30. The largest absolute Gasteiger partial charge is 0.394 e. The predicted molar refractivity (Wildman–Crippen MR) is 94.9 cm³/mol. The first-order valence-electron chi connectivity index (χ1n) is 8.29. The summed E-state index contributed by atoms with van der Waals surface area (Å²) in [6.45, 7) is -0.743. The Kier molecular flexibility index (Phi) is 4.43. The second kappa shape index (κ2) is 6.79. The predicted octanol–water partition coefficient (Wildman–Crippen LogP) is 1.44. The van der Waals surface area contributed by atoms with E-state index < -0.39 is 31.0 Å². The third-order valence-electron chi connectivity index (χ3n) is 4.46. The molecule has 2 aromatic heterocycles. The summed E-state index contributed by atoms with van der Waals surface area (Å²) in [5, 5.41) is 21.9. The molecule has 0 unspecified atom stereocenters. The van der Waals surface area contributed by atoms with Crippen LogP contribution in [-0.2, 0) is 4.74 Å². The first kappa shape index (κ1) is 18.2. The number of nitrogens with one attached hydrogen (secondary N) is 1. The highest BCUT2D eigenvalue weighted by Crippen LogP contribution is 2.43. The van der Waals surface area contributed by atoms with Crippen molar-refractivity contribution in [1.82, 2.24) is 19.5 Å². The van der Waals surface area contributed by atoms with E-state index in [4.69, 9.17) is 16.3 Å². The number of alkyl halides is 2. The maximum absolute atomic E-state index is 14.4. The molecule has 0 saturated carbocycles. The summed E-state index contributed by atoms with van der Waals surface area (Å²) in [7, 11) is 0. The van der Waals surface area contributed by atoms with E-state index in [1.165, 1.54) is 6.33 Å². The average molecular weight is 387 g/mol. The zero-order chi connectivity index (χ0) is 19.9. The van der Waals surface area contributed by atoms with Crippen molar-refractivity contribution in [2.24, 2.45) is 0 Å². The zero-order valence-corrected chi connectivity index (χ0v) is 14.3. The van der Waals surface area contributed by atoms with Crippen molar-refractivity contribution in [2.75, 3.05) is 11.9 Å². The molecule has 144 valence electrons. The molecule has 8 nitrogen and oxygen atoms in total. The third kappa shape index (κ3) is 2.86. The summed E-state index contributed by atoms with van der Waals surface area (Å²) in [5.74, 6) is -0.830. The normalized spacial score (nSPS) is 23.6. The van der Waals surface area contributed by atoms with Crippen LogP contribution < -0.4 is 5.32 Å². The molecule has 28 heavy (non-hydrogen) atoms. The van der Waals surface area contributed by atoms with E-state index in [0.29, 0.717) is 17.1 Å². The maximum atomic E-state index is 14.4. The minimum atomic E-state index is -3.64. The van der Waals surface area contributed by atoms with Gasteiger partial charge in [-0.05, 0) is 18.2 Å². The van der Waals surface area contributed by atoms with E-state index in [1.54, 1.807) is 24.3 Å². The lowest BCUT2D eigenvalue weighted by Crippen LogP contribution is -2.39. The van der Waals surface area contributed by atoms with E-state index in [0.717, 1.165) is 10.9 Å². The van der Waals surface area contributed by atoms with Crippen molar-refractivity contribution in [3.8, 4) is 12.3 Å². The molecule has 4 rings (SSSR count). The number of hydrogen-bond donors (Lipinski definition) is 3. The number of benzene rings is 1. The molecule has 1 aliphatic rings. The van der Waals surface area contributed by atoms with Gasteiger partial charge in [-0.25, -0.2) is 15.0 Å². The molecule has 0 radical (unpaired) electrons. The van der Waals surface area contributed by atoms with Gasteiger partial charge in [-0.2, -0.15) is 8.78 Å². The number of rotatable bonds is 4. The fraction of sp³-hybridized carbons (Fsp3) is 0.278. The van der Waals surface area contributed by atoms with E-state index in [1.807, 2.05) is 0 Å². The molecule has 1 aromatic carbocycles. The Morgan fingerprint density at radius 3 is 2.86 bits per heavy atom. The lowest BCUT2D eigenvalue weighted by molar-refractivity contribution is -0.138. The van der Waals surface area contributed by atoms with E-state index >= 15 is 0 Å². The van der Waals surface area contributed by atoms with E-state index in [2.05, 4.69) is 26.2 Å². The van der Waals surface area contributed by atoms with Gasteiger partial charge in [0.1, 0.15) is 12.4 Å². The number of halogens is 2. The Labute approximate surface area is 157 Å². The van der Waals surface area contributed by atoms with Crippen LogP contribution in [0.15, 0.2) is 36.9 Å². The van der Waals surface area contributed by atoms with Crippen molar-refractivity contribution >= 4 is 22.7 Å². The molecule has 1 fully saturated rings. The number of anilines is 2. The van der Waals surface area contributed by atoms with Crippen LogP contribution in [0.4, 0.5) is 20.3 Å². The topological polar surface area (TPSA) is 105 Å². The number of nitrogens with zero attached hydrogens (tertiary/aromatic N) is 4. The molecule has 0 aliphatic carbocycles. The van der Waals surface area contributed by atoms with Gasteiger partial charge in [0.15, 0.2) is 23.1 Å². The van der Waals surface area contributed by atoms with E-state index in [-0.39, 0.29) is 11.2 Å². The number of terminal acetylenes is 1. The van der Waals surface area contributed by atoms with Crippen molar-refractivity contribution in [3.05, 3.63) is 42.5 Å². The lowest BCUT2D eigenvalue weighted by Gasteiger charge is -2.20. The number of aliphatic hydroxyl groups excluding tert-OH is 2. The Morgan fingerprint density at radius 1 is 1.32 bits per heavy atom. The van der Waals surface area contributed by atoms with Crippen LogP contribution >= 0.6 is 0 Å². The van der Waals surface area contributed by atoms with E-state index in [9.17, 15) is 13.9 Å². The molecule has 1 saturated heterocycles. The number of aromatic nitrogens is 4. The SMILES string of the molecule is C#Cc1cccc(Nc2ncnc3c2ncn3[C@@H]2O[C@H](CO)[C@@H](O)C2(F)F)c1. The molecule has 3 heterocycles. The molecule has 0 amide bonds. The molecule has 0 spiro atoms. The molecule has 0 bridgehead atoms. The summed E-state index contributed by atoms with van der Waals surface area (Å²) in [4.78, 5) is 12.3. The van der Waals surface area contributed by atoms with Crippen LogP contribution in [0.1, 0.15) is 11.8 Å². The molecule has 10 heteroatoms. The Balaban J connectivity index is 1.72. The molecule has 1 aliphatic heterocycles. The number of aliphatic hydroxyl groups is 2. The van der Waals surface area contributed by atoms with Gasteiger partial charge < -0.3 is 20.3 Å². The highest BCUT2D eigenvalue weighted by atomic mass is 19.3. The monoisotopic (exact) mass is 387 g/mol. The molecular formula is C18H15F2N5O3. The van der Waals surface area contributed by atoms with Gasteiger partial charge in [0.2, 0.25) is 6.23 Å². The number of ether oxygens (including phenoxy) is 1. The van der Waals surface area contributed by atoms with Crippen molar-refractivity contribution < 1.29 is 23.7 Å². The molecular weight excluding hydrogens is 372 g/mol. The van der Waals surface area contributed by atoms with Crippen LogP contribution in [0.2, 0.25) is 0 Å². The van der Waals surface area contributed by atoms with Crippen LogP contribution in [0.25, 0.3) is 11.2 Å². The lowest BCUT2D eigenvalue weighted by atomic mass is 10.1. The van der Waals surface area contributed by atoms with Crippen LogP contribution in [0.3, 0.4) is 0 Å². The van der Waals surface area contributed by atoms with Gasteiger partial charge >= 0.3 is 5.92 Å². The van der Waals surface area contributed by atoms with Gasteiger partial charge in [-0.15, -0.1) is 6.42 Å². The number of imidazole rings is 1. The Hall–Kier alpha value is -3.13. The molecule has 3 atom stereocenters. The van der Waals surface area contributed by atoms with Gasteiger partial charge in [0, 0.05) is 11.3 Å². The van der Waals surface area contributed by atoms with Gasteiger partial charge in [0.25, 0.3) is 0 Å². The Morgan fingerprint density at radius 2 is 2.14 bits per heavy atom. The van der Waals surface area contributed by atoms with Crippen molar-refractivity contribution in [3.63, 3.8) is 0 Å². The third-order valence-corrected chi connectivity index (χ3v) is 4.46. The number of hydrogen-bond acceptors (Lipinski definition) is 7. The Bertz CT molecular complexity index is 1060. The summed E-state index contributed by atoms with van der Waals surface area (Å²) in [6, 6.07) is 7.01. The highest BCUT2D eigenvalue weighted by Gasteiger charge is 2.59. The number of fused-ring (bicyclic) bond motifs is 1. The average Bonchev–Trinajstić information content (AvgIpc) is 3.22. The first-order chi connectivity index (χ1) is 13.5. The highest BCUT2D eigenvalue weighted by molar-refractivity contribution is 5.85. The summed E-state index contributed by atoms with van der Waals surface area (Å²) >= 11 is 0. The van der Waals surface area contributed by atoms with Crippen molar-refractivity contribution in [1.29, 1.82) is 0 Å². The minimum absolute atomic E-state index is 0.0843. The fourth-order valence-corrected chi connectivity index (χ4v) is 3.06. The van der Waals surface area contributed by atoms with Gasteiger partial charge in [-0.1, -0.05) is 12.0 Å². The minimum Gasteiger partial charge on any atom is -0.394 e. The smallest absolute Gasteiger partial charge is 0.320 e. The van der Waals surface area contributed by atoms with Crippen LogP contribution in [-0.4, -0.2) is 54.5 Å². The quantitative estimate of drug-likeness (QED) is 0.582. The van der Waals surface area contributed by atoms with Gasteiger partial charge in [0.05, 0.1) is 12.9 Å².